The van der Waals surface area contributed by atoms with E-state index in [-0.39, 0.29) is 0 Å². The van der Waals surface area contributed by atoms with Gasteiger partial charge in [-0.05, 0) is 75.6 Å². The SMILES string of the molecule is CN1C(c2ccc3ccccc3c2)=c2c(oc3ccccc23)=NC1n1c2ccccc2c2c3c4ccccc4n(-c4nc(-c5ccc6ccccc6c5)c5ccccc5n4)c3ccc21. The predicted octanol–water partition coefficient (Wildman–Crippen LogP) is 12.4. The summed E-state index contributed by atoms with van der Waals surface area (Å²) in [5, 5.41) is 12.4. The largest absolute Gasteiger partial charge is 0.438 e. The molecule has 4 aromatic heterocycles. The molecule has 14 rings (SSSR count). The van der Waals surface area contributed by atoms with Crippen molar-refractivity contribution >= 4 is 92.7 Å². The molecule has 1 unspecified atom stereocenters. The van der Waals surface area contributed by atoms with Crippen LogP contribution in [0.5, 0.6) is 0 Å². The molecule has 0 bridgehead atoms. The van der Waals surface area contributed by atoms with Gasteiger partial charge in [0.1, 0.15) is 5.58 Å². The third kappa shape index (κ3) is 4.94. The molecule has 0 amide bonds. The van der Waals surface area contributed by atoms with Crippen molar-refractivity contribution in [3.05, 3.63) is 210 Å². The summed E-state index contributed by atoms with van der Waals surface area (Å²) in [6.45, 7) is 0. The van der Waals surface area contributed by atoms with Gasteiger partial charge in [-0.2, -0.15) is 0 Å². The lowest BCUT2D eigenvalue weighted by Crippen LogP contribution is -2.41. The number of hydrogen-bond acceptors (Lipinski definition) is 5. The van der Waals surface area contributed by atoms with E-state index in [1.54, 1.807) is 0 Å². The number of rotatable bonds is 4. The minimum atomic E-state index is -0.462. The molecule has 0 fully saturated rings. The van der Waals surface area contributed by atoms with Gasteiger partial charge in [-0.1, -0.05) is 146 Å². The Balaban J connectivity index is 1.03. The molecule has 0 saturated carbocycles. The van der Waals surface area contributed by atoms with Gasteiger partial charge in [0, 0.05) is 44.9 Å². The topological polar surface area (TPSA) is 64.4 Å². The number of benzene rings is 9. The van der Waals surface area contributed by atoms with E-state index in [9.17, 15) is 0 Å². The predicted molar refractivity (Wildman–Crippen MR) is 260 cm³/mol. The Hall–Kier alpha value is -8.55. The first kappa shape index (κ1) is 35.1. The van der Waals surface area contributed by atoms with Crippen molar-refractivity contribution in [2.75, 3.05) is 7.05 Å². The van der Waals surface area contributed by atoms with Gasteiger partial charge in [0.2, 0.25) is 17.8 Å². The molecule has 1 atom stereocenters. The van der Waals surface area contributed by atoms with E-state index < -0.39 is 6.29 Å². The maximum Gasteiger partial charge on any atom is 0.235 e. The standard InChI is InChI=1S/C57H36N6O/c1-61-54(39-29-27-35-15-3-5-17-37(35)33-39)52-43-21-9-13-25-49(43)64-55(52)60-57(61)63-46-24-12-8-20-42(46)51-48(63)31-30-47-50(51)41-19-7-11-23-45(41)62(47)56-58-44-22-10-6-18-40(44)53(59-56)38-28-26-34-14-2-4-16-36(34)32-38/h2-33,57H,1H3. The van der Waals surface area contributed by atoms with Crippen molar-refractivity contribution < 1.29 is 4.42 Å². The van der Waals surface area contributed by atoms with Crippen molar-refractivity contribution in [1.82, 2.24) is 24.0 Å². The summed E-state index contributed by atoms with van der Waals surface area (Å²) in [7, 11) is 2.17. The van der Waals surface area contributed by atoms with E-state index in [2.05, 4.69) is 203 Å². The zero-order valence-electron chi connectivity index (χ0n) is 34.6. The maximum absolute atomic E-state index is 6.66. The first-order valence-electron chi connectivity index (χ1n) is 21.7. The number of para-hydroxylation sites is 4. The van der Waals surface area contributed by atoms with Gasteiger partial charge < -0.3 is 13.9 Å². The van der Waals surface area contributed by atoms with Crippen LogP contribution in [0.2, 0.25) is 0 Å². The summed E-state index contributed by atoms with van der Waals surface area (Å²) in [6, 6.07) is 68.8. The first-order chi connectivity index (χ1) is 31.7. The van der Waals surface area contributed by atoms with E-state index in [0.29, 0.717) is 11.5 Å². The lowest BCUT2D eigenvalue weighted by atomic mass is 10.0. The van der Waals surface area contributed by atoms with Crippen LogP contribution in [-0.4, -0.2) is 31.0 Å². The second-order valence-electron chi connectivity index (χ2n) is 16.8. The van der Waals surface area contributed by atoms with E-state index in [0.717, 1.165) is 93.2 Å². The van der Waals surface area contributed by atoms with Crippen molar-refractivity contribution in [2.45, 2.75) is 6.29 Å². The van der Waals surface area contributed by atoms with Gasteiger partial charge in [0.15, 0.2) is 0 Å². The van der Waals surface area contributed by atoms with Crippen molar-refractivity contribution in [2.24, 2.45) is 4.99 Å². The van der Waals surface area contributed by atoms with E-state index in [1.807, 2.05) is 12.1 Å². The molecule has 1 aliphatic rings. The Labute approximate surface area is 365 Å². The van der Waals surface area contributed by atoms with Crippen LogP contribution >= 0.6 is 0 Å². The highest BCUT2D eigenvalue weighted by molar-refractivity contribution is 6.28. The summed E-state index contributed by atoms with van der Waals surface area (Å²) in [4.78, 5) is 18.6. The Morgan fingerprint density at radius 3 is 1.83 bits per heavy atom. The van der Waals surface area contributed by atoms with Crippen molar-refractivity contribution in [3.8, 4) is 17.2 Å². The summed E-state index contributed by atoms with van der Waals surface area (Å²) in [6.07, 6.45) is -0.462. The highest BCUT2D eigenvalue weighted by atomic mass is 16.3. The van der Waals surface area contributed by atoms with Gasteiger partial charge in [0.25, 0.3) is 0 Å². The van der Waals surface area contributed by atoms with Crippen LogP contribution in [-0.2, 0) is 0 Å². The summed E-state index contributed by atoms with van der Waals surface area (Å²) >= 11 is 0. The van der Waals surface area contributed by atoms with Gasteiger partial charge in [-0.3, -0.25) is 4.57 Å². The fourth-order valence-corrected chi connectivity index (χ4v) is 10.5. The average molecular weight is 821 g/mol. The molecular formula is C57H36N6O. The van der Waals surface area contributed by atoms with E-state index in [4.69, 9.17) is 19.4 Å². The third-order valence-electron chi connectivity index (χ3n) is 13.3. The molecule has 0 spiro atoms. The molecule has 64 heavy (non-hydrogen) atoms. The average Bonchev–Trinajstić information content (AvgIpc) is 4.00. The van der Waals surface area contributed by atoms with Gasteiger partial charge in [-0.15, -0.1) is 0 Å². The molecule has 9 aromatic carbocycles. The monoisotopic (exact) mass is 820 g/mol. The molecule has 0 aliphatic carbocycles. The Bertz CT molecular complexity index is 4250. The molecule has 5 heterocycles. The highest BCUT2D eigenvalue weighted by Gasteiger charge is 2.31. The molecular weight excluding hydrogens is 785 g/mol. The molecule has 0 saturated heterocycles. The van der Waals surface area contributed by atoms with Crippen LogP contribution in [0.25, 0.3) is 110 Å². The van der Waals surface area contributed by atoms with Crippen LogP contribution in [0, 0.1) is 0 Å². The number of furan rings is 1. The number of nitrogens with zero attached hydrogens (tertiary/aromatic N) is 6. The fourth-order valence-electron chi connectivity index (χ4n) is 10.5. The van der Waals surface area contributed by atoms with Gasteiger partial charge in [-0.25, -0.2) is 15.0 Å². The van der Waals surface area contributed by atoms with Crippen molar-refractivity contribution in [3.63, 3.8) is 0 Å². The van der Waals surface area contributed by atoms with Crippen LogP contribution in [0.15, 0.2) is 204 Å². The van der Waals surface area contributed by atoms with Gasteiger partial charge >= 0.3 is 0 Å². The first-order valence-corrected chi connectivity index (χ1v) is 21.7. The normalized spacial score (nSPS) is 14.2. The Morgan fingerprint density at radius 1 is 0.469 bits per heavy atom. The second-order valence-corrected chi connectivity index (χ2v) is 16.8. The number of hydrogen-bond donors (Lipinski definition) is 0. The Morgan fingerprint density at radius 2 is 1.05 bits per heavy atom. The molecule has 13 aromatic rings. The maximum atomic E-state index is 6.66. The van der Waals surface area contributed by atoms with Gasteiger partial charge in [0.05, 0.1) is 44.2 Å². The summed E-state index contributed by atoms with van der Waals surface area (Å²) in [5.41, 5.74) is 10.7. The van der Waals surface area contributed by atoms with E-state index >= 15 is 0 Å². The second kappa shape index (κ2) is 13.2. The van der Waals surface area contributed by atoms with Crippen LogP contribution in [0.1, 0.15) is 11.9 Å². The van der Waals surface area contributed by atoms with Crippen LogP contribution in [0.3, 0.4) is 0 Å². The molecule has 300 valence electrons. The zero-order chi connectivity index (χ0) is 42.0. The lowest BCUT2D eigenvalue weighted by molar-refractivity contribution is 0.260. The lowest BCUT2D eigenvalue weighted by Gasteiger charge is -2.33. The molecule has 7 heteroatoms. The molecule has 0 N–H and O–H groups in total. The van der Waals surface area contributed by atoms with Crippen LogP contribution < -0.4 is 10.8 Å². The molecule has 0 radical (unpaired) electrons. The number of fused-ring (bicyclic) bond motifs is 13. The highest BCUT2D eigenvalue weighted by Crippen LogP contribution is 2.44. The minimum absolute atomic E-state index is 0.462. The quantitative estimate of drug-likeness (QED) is 0.177. The molecule has 7 nitrogen and oxygen atoms in total. The van der Waals surface area contributed by atoms with E-state index in [1.165, 1.54) is 21.5 Å². The number of aromatic nitrogens is 4. The zero-order valence-corrected chi connectivity index (χ0v) is 34.6. The fraction of sp³-hybridized carbons (Fsp3) is 0.0351. The van der Waals surface area contributed by atoms with Crippen molar-refractivity contribution in [1.29, 1.82) is 0 Å². The smallest absolute Gasteiger partial charge is 0.235 e. The summed E-state index contributed by atoms with van der Waals surface area (Å²) < 4.78 is 11.3. The Kier molecular flexibility index (Phi) is 7.25. The third-order valence-corrected chi connectivity index (χ3v) is 13.3. The minimum Gasteiger partial charge on any atom is -0.438 e. The van der Waals surface area contributed by atoms with Crippen LogP contribution in [0.4, 0.5) is 0 Å². The summed E-state index contributed by atoms with van der Waals surface area (Å²) in [5.74, 6) is 0.630. The molecule has 1 aliphatic heterocycles.